The molecule has 0 fully saturated rings. The molecule has 1 aromatic carbocycles. The lowest BCUT2D eigenvalue weighted by molar-refractivity contribution is -0.148. The van der Waals surface area contributed by atoms with Crippen LogP contribution in [0.15, 0.2) is 18.2 Å². The molecule has 6 heteroatoms. The van der Waals surface area contributed by atoms with Gasteiger partial charge in [0.05, 0.1) is 17.7 Å². The van der Waals surface area contributed by atoms with Crippen LogP contribution in [0.25, 0.3) is 0 Å². The highest BCUT2D eigenvalue weighted by Gasteiger charge is 2.36. The summed E-state index contributed by atoms with van der Waals surface area (Å²) in [5, 5.41) is 19.6. The number of halogens is 1. The van der Waals surface area contributed by atoms with Crippen LogP contribution in [0.1, 0.15) is 61.3 Å². The van der Waals surface area contributed by atoms with Crippen LogP contribution in [0.4, 0.5) is 0 Å². The van der Waals surface area contributed by atoms with Crippen molar-refractivity contribution in [2.45, 2.75) is 65.5 Å². The highest BCUT2D eigenvalue weighted by Crippen LogP contribution is 2.36. The van der Waals surface area contributed by atoms with Crippen LogP contribution in [-0.4, -0.2) is 25.7 Å². The van der Waals surface area contributed by atoms with Gasteiger partial charge in [-0.05, 0) is 49.3 Å². The highest BCUT2D eigenvalue weighted by molar-refractivity contribution is 6.30. The summed E-state index contributed by atoms with van der Waals surface area (Å²) in [6.45, 7) is 4.43. The van der Waals surface area contributed by atoms with Gasteiger partial charge in [0.2, 0.25) is 0 Å². The molecule has 1 atom stereocenters. The van der Waals surface area contributed by atoms with E-state index in [4.69, 9.17) is 11.6 Å². The maximum absolute atomic E-state index is 11.5. The first kappa shape index (κ1) is 19.9. The number of carboxylic acids is 1. The molecule has 0 aliphatic heterocycles. The minimum absolute atomic E-state index is 0.139. The number of aromatic nitrogens is 2. The summed E-state index contributed by atoms with van der Waals surface area (Å²) in [4.78, 5) is 16.0. The van der Waals surface area contributed by atoms with E-state index in [0.29, 0.717) is 30.2 Å². The third kappa shape index (κ3) is 4.04. The first-order chi connectivity index (χ1) is 12.9. The van der Waals surface area contributed by atoms with Crippen molar-refractivity contribution in [3.05, 3.63) is 51.6 Å². The van der Waals surface area contributed by atoms with Crippen LogP contribution in [-0.2, 0) is 37.2 Å². The Labute approximate surface area is 165 Å². The van der Waals surface area contributed by atoms with Gasteiger partial charge in [-0.25, -0.2) is 4.98 Å². The van der Waals surface area contributed by atoms with Crippen LogP contribution in [0.5, 0.6) is 0 Å². The van der Waals surface area contributed by atoms with Crippen molar-refractivity contribution in [1.82, 2.24) is 9.55 Å². The van der Waals surface area contributed by atoms with Gasteiger partial charge in [-0.1, -0.05) is 43.1 Å². The topological polar surface area (TPSA) is 75.4 Å². The molecule has 1 aromatic heterocycles. The fraction of sp³-hybridized carbons (Fsp3) is 0.524. The largest absolute Gasteiger partial charge is 0.481 e. The number of aliphatic hydroxyl groups is 1. The predicted octanol–water partition coefficient (Wildman–Crippen LogP) is 4.00. The second-order valence-electron chi connectivity index (χ2n) is 7.76. The minimum Gasteiger partial charge on any atom is -0.481 e. The van der Waals surface area contributed by atoms with E-state index in [9.17, 15) is 15.0 Å². The molecule has 0 spiro atoms. The molecule has 2 aromatic rings. The Morgan fingerprint density at radius 2 is 2.15 bits per heavy atom. The van der Waals surface area contributed by atoms with Gasteiger partial charge in [0, 0.05) is 13.0 Å². The van der Waals surface area contributed by atoms with Crippen molar-refractivity contribution in [2.24, 2.45) is 5.41 Å². The second-order valence-corrected chi connectivity index (χ2v) is 8.12. The number of imidazole rings is 1. The van der Waals surface area contributed by atoms with Crippen molar-refractivity contribution < 1.29 is 15.0 Å². The quantitative estimate of drug-likeness (QED) is 0.749. The van der Waals surface area contributed by atoms with Crippen LogP contribution in [0, 0.1) is 5.41 Å². The van der Waals surface area contributed by atoms with E-state index >= 15 is 0 Å². The number of fused-ring (bicyclic) bond motifs is 1. The van der Waals surface area contributed by atoms with Gasteiger partial charge < -0.3 is 14.8 Å². The SMILES string of the molecule is CCCCc1nc(Cl)c(CO)n1Cc1ccc2c(c1)CCC(C)(C(=O)O)C2. The molecule has 0 amide bonds. The zero-order valence-electron chi connectivity index (χ0n) is 16.0. The zero-order chi connectivity index (χ0) is 19.6. The van der Waals surface area contributed by atoms with Crippen molar-refractivity contribution in [3.63, 3.8) is 0 Å². The minimum atomic E-state index is -0.724. The average molecular weight is 391 g/mol. The number of nitrogens with zero attached hydrogens (tertiary/aromatic N) is 2. The number of rotatable bonds is 7. The molecule has 5 nitrogen and oxygen atoms in total. The van der Waals surface area contributed by atoms with Crippen LogP contribution in [0.2, 0.25) is 5.15 Å². The Bertz CT molecular complexity index is 846. The molecular formula is C21H27ClN2O3. The Morgan fingerprint density at radius 3 is 2.81 bits per heavy atom. The van der Waals surface area contributed by atoms with Crippen LogP contribution < -0.4 is 0 Å². The highest BCUT2D eigenvalue weighted by atomic mass is 35.5. The maximum Gasteiger partial charge on any atom is 0.309 e. The number of carboxylic acid groups (broad SMARTS) is 1. The van der Waals surface area contributed by atoms with E-state index < -0.39 is 11.4 Å². The maximum atomic E-state index is 11.5. The Balaban J connectivity index is 1.87. The first-order valence-electron chi connectivity index (χ1n) is 9.56. The molecule has 2 N–H and O–H groups in total. The molecule has 0 radical (unpaired) electrons. The number of aliphatic carboxylic acids is 1. The third-order valence-electron chi connectivity index (χ3n) is 5.66. The molecule has 3 rings (SSSR count). The van der Waals surface area contributed by atoms with Gasteiger partial charge in [-0.2, -0.15) is 0 Å². The van der Waals surface area contributed by atoms with E-state index in [-0.39, 0.29) is 6.61 Å². The van der Waals surface area contributed by atoms with E-state index in [2.05, 4.69) is 18.0 Å². The molecule has 1 aliphatic rings. The Kier molecular flexibility index (Phi) is 5.92. The predicted molar refractivity (Wildman–Crippen MR) is 105 cm³/mol. The van der Waals surface area contributed by atoms with E-state index in [1.165, 1.54) is 5.56 Å². The fourth-order valence-corrected chi connectivity index (χ4v) is 4.09. The number of benzene rings is 1. The van der Waals surface area contributed by atoms with Crippen LogP contribution in [0.3, 0.4) is 0 Å². The fourth-order valence-electron chi connectivity index (χ4n) is 3.84. The molecule has 146 valence electrons. The third-order valence-corrected chi connectivity index (χ3v) is 5.96. The average Bonchev–Trinajstić information content (AvgIpc) is 2.94. The number of carbonyl (C=O) groups is 1. The second kappa shape index (κ2) is 8.03. The van der Waals surface area contributed by atoms with E-state index in [0.717, 1.165) is 42.6 Å². The van der Waals surface area contributed by atoms with Crippen molar-refractivity contribution in [3.8, 4) is 0 Å². The summed E-state index contributed by atoms with van der Waals surface area (Å²) < 4.78 is 2.02. The number of unbranched alkanes of at least 4 members (excludes halogenated alkanes) is 1. The van der Waals surface area contributed by atoms with E-state index in [1.54, 1.807) is 0 Å². The van der Waals surface area contributed by atoms with Crippen molar-refractivity contribution in [1.29, 1.82) is 0 Å². The number of aliphatic hydroxyl groups excluding tert-OH is 1. The molecule has 27 heavy (non-hydrogen) atoms. The molecule has 0 saturated carbocycles. The van der Waals surface area contributed by atoms with Crippen molar-refractivity contribution >= 4 is 17.6 Å². The van der Waals surface area contributed by atoms with Gasteiger partial charge in [-0.3, -0.25) is 4.79 Å². The number of aryl methyl sites for hydroxylation is 2. The lowest BCUT2D eigenvalue weighted by atomic mass is 9.73. The monoisotopic (exact) mass is 390 g/mol. The smallest absolute Gasteiger partial charge is 0.309 e. The van der Waals surface area contributed by atoms with Gasteiger partial charge in [0.25, 0.3) is 0 Å². The van der Waals surface area contributed by atoms with E-state index in [1.807, 2.05) is 23.6 Å². The first-order valence-corrected chi connectivity index (χ1v) is 9.94. The molecule has 1 heterocycles. The van der Waals surface area contributed by atoms with Gasteiger partial charge >= 0.3 is 5.97 Å². The lowest BCUT2D eigenvalue weighted by Gasteiger charge is -2.31. The summed E-state index contributed by atoms with van der Waals surface area (Å²) in [6.07, 6.45) is 4.92. The number of hydrogen-bond donors (Lipinski definition) is 2. The summed E-state index contributed by atoms with van der Waals surface area (Å²) in [6, 6.07) is 6.26. The van der Waals surface area contributed by atoms with Gasteiger partial charge in [0.15, 0.2) is 5.15 Å². The normalized spacial score (nSPS) is 19.1. The molecular weight excluding hydrogens is 364 g/mol. The van der Waals surface area contributed by atoms with Gasteiger partial charge in [-0.15, -0.1) is 0 Å². The Morgan fingerprint density at radius 1 is 1.37 bits per heavy atom. The van der Waals surface area contributed by atoms with Crippen molar-refractivity contribution in [2.75, 3.05) is 0 Å². The lowest BCUT2D eigenvalue weighted by Crippen LogP contribution is -2.34. The zero-order valence-corrected chi connectivity index (χ0v) is 16.7. The van der Waals surface area contributed by atoms with Gasteiger partial charge in [0.1, 0.15) is 5.82 Å². The van der Waals surface area contributed by atoms with Crippen LogP contribution >= 0.6 is 11.6 Å². The molecule has 1 unspecified atom stereocenters. The molecule has 0 bridgehead atoms. The number of hydrogen-bond acceptors (Lipinski definition) is 3. The summed E-state index contributed by atoms with van der Waals surface area (Å²) in [5.74, 6) is 0.181. The Hall–Kier alpha value is -1.85. The standard InChI is InChI=1S/C21H27ClN2O3/c1-3-4-5-18-23-19(22)17(13-25)24(18)12-14-6-7-16-11-21(2,20(26)27)9-8-15(16)10-14/h6-7,10,25H,3-5,8-9,11-13H2,1-2H3,(H,26,27). The molecule has 1 aliphatic carbocycles. The summed E-state index contributed by atoms with van der Waals surface area (Å²) in [7, 11) is 0. The molecule has 0 saturated heterocycles. The summed E-state index contributed by atoms with van der Waals surface area (Å²) in [5.41, 5.74) is 3.43. The summed E-state index contributed by atoms with van der Waals surface area (Å²) >= 11 is 6.22.